The van der Waals surface area contributed by atoms with E-state index < -0.39 is 0 Å². The Balaban J connectivity index is 1.72. The van der Waals surface area contributed by atoms with Crippen molar-refractivity contribution in [1.29, 1.82) is 0 Å². The molecule has 0 spiro atoms. The molecule has 0 radical (unpaired) electrons. The number of benzene rings is 2. The van der Waals surface area contributed by atoms with E-state index in [0.717, 1.165) is 58.4 Å². The Hall–Kier alpha value is -3.34. The van der Waals surface area contributed by atoms with Crippen molar-refractivity contribution in [3.05, 3.63) is 66.4 Å². The minimum absolute atomic E-state index is 0.663. The summed E-state index contributed by atoms with van der Waals surface area (Å²) in [6.45, 7) is 6.84. The van der Waals surface area contributed by atoms with E-state index in [0.29, 0.717) is 6.61 Å². The Labute approximate surface area is 176 Å². The normalized spacial score (nSPS) is 13.9. The van der Waals surface area contributed by atoms with Crippen LogP contribution in [0.15, 0.2) is 60.7 Å². The summed E-state index contributed by atoms with van der Waals surface area (Å²) in [5, 5.41) is 4.90. The summed E-state index contributed by atoms with van der Waals surface area (Å²) in [5.41, 5.74) is 6.28. The molecular weight excluding hydrogens is 372 g/mol. The summed E-state index contributed by atoms with van der Waals surface area (Å²) in [5.74, 6) is 1.91. The fourth-order valence-corrected chi connectivity index (χ4v) is 4.26. The van der Waals surface area contributed by atoms with Gasteiger partial charge in [0.1, 0.15) is 11.6 Å². The number of anilines is 1. The van der Waals surface area contributed by atoms with Crippen molar-refractivity contribution in [3.63, 3.8) is 0 Å². The monoisotopic (exact) mass is 398 g/mol. The molecule has 5 heteroatoms. The van der Waals surface area contributed by atoms with Crippen molar-refractivity contribution < 1.29 is 4.74 Å². The van der Waals surface area contributed by atoms with Crippen molar-refractivity contribution in [2.75, 3.05) is 24.6 Å². The molecule has 2 aromatic carbocycles. The maximum atomic E-state index is 5.62. The fraction of sp³-hybridized carbons (Fsp3) is 0.280. The highest BCUT2D eigenvalue weighted by Gasteiger charge is 2.21. The third kappa shape index (κ3) is 3.30. The zero-order chi connectivity index (χ0) is 20.5. The molecule has 5 nitrogen and oxygen atoms in total. The van der Waals surface area contributed by atoms with E-state index in [4.69, 9.17) is 14.8 Å². The van der Waals surface area contributed by atoms with Gasteiger partial charge in [-0.15, -0.1) is 0 Å². The van der Waals surface area contributed by atoms with E-state index in [-0.39, 0.29) is 0 Å². The Morgan fingerprint density at radius 2 is 1.67 bits per heavy atom. The minimum atomic E-state index is 0.663. The van der Waals surface area contributed by atoms with Gasteiger partial charge >= 0.3 is 0 Å². The molecular formula is C25H26N4O. The summed E-state index contributed by atoms with van der Waals surface area (Å²) < 4.78 is 7.61. The predicted molar refractivity (Wildman–Crippen MR) is 121 cm³/mol. The van der Waals surface area contributed by atoms with E-state index >= 15 is 0 Å². The molecule has 30 heavy (non-hydrogen) atoms. The van der Waals surface area contributed by atoms with Crippen molar-refractivity contribution in [2.45, 2.75) is 26.7 Å². The average molecular weight is 399 g/mol. The first-order valence-electron chi connectivity index (χ1n) is 10.7. The van der Waals surface area contributed by atoms with Crippen LogP contribution in [0.4, 0.5) is 5.82 Å². The summed E-state index contributed by atoms with van der Waals surface area (Å²) in [6, 6.07) is 20.9. The maximum absolute atomic E-state index is 5.62. The van der Waals surface area contributed by atoms with E-state index in [1.807, 2.05) is 29.6 Å². The second-order valence-corrected chi connectivity index (χ2v) is 7.71. The smallest absolute Gasteiger partial charge is 0.166 e. The quantitative estimate of drug-likeness (QED) is 0.453. The fourth-order valence-electron chi connectivity index (χ4n) is 4.26. The van der Waals surface area contributed by atoms with Gasteiger partial charge < -0.3 is 9.64 Å². The summed E-state index contributed by atoms with van der Waals surface area (Å²) in [7, 11) is 0. The Bertz CT molecular complexity index is 1160. The largest absolute Gasteiger partial charge is 0.494 e. The number of ether oxygens (including phenoxy) is 1. The number of nitrogens with zero attached hydrogens (tertiary/aromatic N) is 4. The Morgan fingerprint density at radius 3 is 2.37 bits per heavy atom. The number of aromatic nitrogens is 3. The summed E-state index contributed by atoms with van der Waals surface area (Å²) >= 11 is 0. The van der Waals surface area contributed by atoms with Crippen LogP contribution in [0, 0.1) is 6.92 Å². The molecule has 4 aromatic rings. The van der Waals surface area contributed by atoms with Crippen LogP contribution in [-0.4, -0.2) is 34.3 Å². The van der Waals surface area contributed by atoms with Crippen molar-refractivity contribution in [1.82, 2.24) is 14.6 Å². The molecule has 1 fully saturated rings. The lowest BCUT2D eigenvalue weighted by Crippen LogP contribution is -2.19. The average Bonchev–Trinajstić information content (AvgIpc) is 3.42. The maximum Gasteiger partial charge on any atom is 0.166 e. The van der Waals surface area contributed by atoms with Gasteiger partial charge in [-0.1, -0.05) is 42.5 Å². The van der Waals surface area contributed by atoms with E-state index in [9.17, 15) is 0 Å². The SMILES string of the molecule is CCOc1ccc(-c2c(C)nn3c(-c4ccccc4)cc(N4CCCC4)nc23)cc1. The zero-order valence-corrected chi connectivity index (χ0v) is 17.5. The molecule has 5 rings (SSSR count). The zero-order valence-electron chi connectivity index (χ0n) is 17.5. The second kappa shape index (κ2) is 7.82. The van der Waals surface area contributed by atoms with Gasteiger partial charge in [0.25, 0.3) is 0 Å². The van der Waals surface area contributed by atoms with Crippen LogP contribution in [0.2, 0.25) is 0 Å². The highest BCUT2D eigenvalue weighted by atomic mass is 16.5. The lowest BCUT2D eigenvalue weighted by molar-refractivity contribution is 0.340. The Kier molecular flexibility index (Phi) is 4.87. The molecule has 1 saturated heterocycles. The molecule has 2 aromatic heterocycles. The summed E-state index contributed by atoms with van der Waals surface area (Å²) in [4.78, 5) is 7.48. The van der Waals surface area contributed by atoms with Gasteiger partial charge in [0.2, 0.25) is 0 Å². The van der Waals surface area contributed by atoms with Crippen LogP contribution in [0.25, 0.3) is 28.0 Å². The molecule has 0 aliphatic carbocycles. The number of rotatable bonds is 5. The van der Waals surface area contributed by atoms with Crippen molar-refractivity contribution in [2.24, 2.45) is 0 Å². The van der Waals surface area contributed by atoms with Gasteiger partial charge in [0, 0.05) is 30.3 Å². The molecule has 0 N–H and O–H groups in total. The number of aryl methyl sites for hydroxylation is 1. The summed E-state index contributed by atoms with van der Waals surface area (Å²) in [6.07, 6.45) is 2.44. The predicted octanol–water partition coefficient (Wildman–Crippen LogP) is 5.37. The van der Waals surface area contributed by atoms with Crippen LogP contribution in [0.5, 0.6) is 5.75 Å². The number of fused-ring (bicyclic) bond motifs is 1. The molecule has 152 valence electrons. The van der Waals surface area contributed by atoms with E-state index in [1.54, 1.807) is 0 Å². The van der Waals surface area contributed by atoms with Gasteiger partial charge in [-0.25, -0.2) is 9.50 Å². The van der Waals surface area contributed by atoms with Gasteiger partial charge in [0.05, 0.1) is 18.0 Å². The molecule has 0 amide bonds. The molecule has 0 saturated carbocycles. The van der Waals surface area contributed by atoms with Crippen LogP contribution >= 0.6 is 0 Å². The first kappa shape index (κ1) is 18.7. The van der Waals surface area contributed by atoms with Crippen molar-refractivity contribution in [3.8, 4) is 28.1 Å². The van der Waals surface area contributed by atoms with Gasteiger partial charge in [-0.3, -0.25) is 0 Å². The molecule has 1 aliphatic heterocycles. The van der Waals surface area contributed by atoms with Gasteiger partial charge in [-0.2, -0.15) is 5.10 Å². The van der Waals surface area contributed by atoms with Crippen molar-refractivity contribution >= 4 is 11.5 Å². The van der Waals surface area contributed by atoms with Crippen LogP contribution in [0.3, 0.4) is 0 Å². The third-order valence-electron chi connectivity index (χ3n) is 5.70. The minimum Gasteiger partial charge on any atom is -0.494 e. The molecule has 1 aliphatic rings. The van der Waals surface area contributed by atoms with Gasteiger partial charge in [-0.05, 0) is 44.4 Å². The lowest BCUT2D eigenvalue weighted by atomic mass is 10.1. The standard InChI is InChI=1S/C25H26N4O/c1-3-30-21-13-11-20(12-14-21)24-18(2)27-29-22(19-9-5-4-6-10-19)17-23(26-25(24)29)28-15-7-8-16-28/h4-6,9-14,17H,3,7-8,15-16H2,1-2H3. The highest BCUT2D eigenvalue weighted by Crippen LogP contribution is 2.34. The number of hydrogen-bond donors (Lipinski definition) is 0. The van der Waals surface area contributed by atoms with Crippen LogP contribution in [-0.2, 0) is 0 Å². The first-order valence-corrected chi connectivity index (χ1v) is 10.7. The van der Waals surface area contributed by atoms with Gasteiger partial charge in [0.15, 0.2) is 5.65 Å². The molecule has 0 unspecified atom stereocenters. The lowest BCUT2D eigenvalue weighted by Gasteiger charge is -2.18. The van der Waals surface area contributed by atoms with Crippen LogP contribution < -0.4 is 9.64 Å². The molecule has 0 bridgehead atoms. The van der Waals surface area contributed by atoms with Crippen LogP contribution in [0.1, 0.15) is 25.5 Å². The number of hydrogen-bond acceptors (Lipinski definition) is 4. The third-order valence-corrected chi connectivity index (χ3v) is 5.70. The first-order chi connectivity index (χ1) is 14.7. The topological polar surface area (TPSA) is 42.7 Å². The van der Waals surface area contributed by atoms with E-state index in [2.05, 4.69) is 54.3 Å². The Morgan fingerprint density at radius 1 is 0.933 bits per heavy atom. The van der Waals surface area contributed by atoms with E-state index in [1.165, 1.54) is 12.8 Å². The molecule has 0 atom stereocenters. The molecule has 3 heterocycles. The highest BCUT2D eigenvalue weighted by molar-refractivity contribution is 5.83. The second-order valence-electron chi connectivity index (χ2n) is 7.71.